The second kappa shape index (κ2) is 4.30. The Morgan fingerprint density at radius 3 is 2.41 bits per heavy atom. The van der Waals surface area contributed by atoms with Crippen molar-refractivity contribution in [3.63, 3.8) is 0 Å². The van der Waals surface area contributed by atoms with Gasteiger partial charge in [0.25, 0.3) is 0 Å². The van der Waals surface area contributed by atoms with Crippen LogP contribution in [0.2, 0.25) is 19.6 Å². The van der Waals surface area contributed by atoms with E-state index in [2.05, 4.69) is 73.2 Å². The fraction of sp³-hybridized carbons (Fsp3) is 0.500. The molecule has 92 valence electrons. The highest BCUT2D eigenvalue weighted by molar-refractivity contribution is 6.74. The molecule has 0 aliphatic heterocycles. The van der Waals surface area contributed by atoms with Crippen LogP contribution in [0.1, 0.15) is 19.9 Å². The minimum atomic E-state index is -1.09. The van der Waals surface area contributed by atoms with Crippen molar-refractivity contribution >= 4 is 19.1 Å². The summed E-state index contributed by atoms with van der Waals surface area (Å²) in [7, 11) is -1.09. The van der Waals surface area contributed by atoms with Crippen LogP contribution in [0.15, 0.2) is 30.6 Å². The zero-order valence-corrected chi connectivity index (χ0v) is 12.6. The maximum absolute atomic E-state index is 2.43. The molecule has 0 amide bonds. The second-order valence-electron chi connectivity index (χ2n) is 6.29. The van der Waals surface area contributed by atoms with E-state index in [9.17, 15) is 0 Å². The minimum absolute atomic E-state index is 0.516. The maximum Gasteiger partial charge on any atom is 0.244 e. The lowest BCUT2D eigenvalue weighted by Crippen LogP contribution is -2.45. The first-order valence-corrected chi connectivity index (χ1v) is 10.1. The summed E-state index contributed by atoms with van der Waals surface area (Å²) in [5, 5.41) is 0. The van der Waals surface area contributed by atoms with Crippen molar-refractivity contribution in [2.24, 2.45) is 0 Å². The fourth-order valence-electron chi connectivity index (χ4n) is 2.25. The third-order valence-corrected chi connectivity index (χ3v) is 4.22. The van der Waals surface area contributed by atoms with E-state index in [1.54, 1.807) is 0 Å². The predicted molar refractivity (Wildman–Crippen MR) is 75.9 cm³/mol. The molecular formula is C14H23N2Si+. The Hall–Kier alpha value is -1.09. The van der Waals surface area contributed by atoms with E-state index in [0.717, 1.165) is 0 Å². The molecule has 1 aromatic carbocycles. The van der Waals surface area contributed by atoms with Crippen molar-refractivity contribution in [1.29, 1.82) is 0 Å². The van der Waals surface area contributed by atoms with Crippen LogP contribution < -0.4 is 4.57 Å². The first-order chi connectivity index (χ1) is 7.88. The van der Waals surface area contributed by atoms with Crippen molar-refractivity contribution in [2.45, 2.75) is 45.7 Å². The molecule has 0 atom stereocenters. The van der Waals surface area contributed by atoms with Gasteiger partial charge in [-0.25, -0.2) is 9.13 Å². The molecule has 0 saturated carbocycles. The van der Waals surface area contributed by atoms with Gasteiger partial charge in [-0.1, -0.05) is 31.8 Å². The van der Waals surface area contributed by atoms with Crippen LogP contribution in [-0.4, -0.2) is 12.6 Å². The number of hydrogen-bond donors (Lipinski definition) is 0. The first kappa shape index (κ1) is 12.4. The number of aromatic nitrogens is 2. The topological polar surface area (TPSA) is 8.81 Å². The van der Waals surface area contributed by atoms with Gasteiger partial charge in [0.1, 0.15) is 0 Å². The van der Waals surface area contributed by atoms with Gasteiger partial charge in [-0.05, 0) is 26.0 Å². The molecule has 0 N–H and O–H groups in total. The lowest BCUT2D eigenvalue weighted by molar-refractivity contribution is -0.655. The first-order valence-electron chi connectivity index (χ1n) is 6.37. The molecule has 1 heterocycles. The highest BCUT2D eigenvalue weighted by Gasteiger charge is 2.23. The lowest BCUT2D eigenvalue weighted by atomic mass is 10.3. The average Bonchev–Trinajstić information content (AvgIpc) is 2.55. The van der Waals surface area contributed by atoms with E-state index in [1.165, 1.54) is 17.2 Å². The molecule has 0 aliphatic rings. The summed E-state index contributed by atoms with van der Waals surface area (Å²) in [6.07, 6.45) is 3.47. The molecule has 0 saturated heterocycles. The van der Waals surface area contributed by atoms with Crippen molar-refractivity contribution in [3.05, 3.63) is 30.6 Å². The van der Waals surface area contributed by atoms with Gasteiger partial charge in [0.05, 0.1) is 20.3 Å². The van der Waals surface area contributed by atoms with Crippen LogP contribution in [-0.2, 0) is 6.17 Å². The maximum atomic E-state index is 2.43. The van der Waals surface area contributed by atoms with Crippen molar-refractivity contribution in [3.8, 4) is 0 Å². The van der Waals surface area contributed by atoms with Gasteiger partial charge in [0, 0.05) is 0 Å². The number of hydrogen-bond acceptors (Lipinski definition) is 0. The molecule has 3 heteroatoms. The Bertz CT molecular complexity index is 520. The van der Waals surface area contributed by atoms with E-state index in [-0.39, 0.29) is 0 Å². The Balaban J connectivity index is 2.57. The monoisotopic (exact) mass is 247 g/mol. The standard InChI is InChI=1S/C14H23N2Si/c1-12(2)16-10-15(11-17(3,4)5)13-8-6-7-9-14(13)16/h6-10,12H,11H2,1-5H3/q+1. The molecule has 0 fully saturated rings. The van der Waals surface area contributed by atoms with Gasteiger partial charge < -0.3 is 0 Å². The van der Waals surface area contributed by atoms with Gasteiger partial charge in [-0.15, -0.1) is 0 Å². The summed E-state index contributed by atoms with van der Waals surface area (Å²) in [6, 6.07) is 9.22. The van der Waals surface area contributed by atoms with Crippen LogP contribution in [0, 0.1) is 0 Å². The fourth-order valence-corrected chi connectivity index (χ4v) is 3.52. The molecule has 0 aliphatic carbocycles. The molecular weight excluding hydrogens is 224 g/mol. The molecule has 1 aromatic heterocycles. The third kappa shape index (κ3) is 2.60. The molecule has 0 radical (unpaired) electrons. The van der Waals surface area contributed by atoms with Crippen LogP contribution in [0.25, 0.3) is 11.0 Å². The predicted octanol–water partition coefficient (Wildman–Crippen LogP) is 3.39. The smallest absolute Gasteiger partial charge is 0.233 e. The third-order valence-electron chi connectivity index (χ3n) is 2.93. The van der Waals surface area contributed by atoms with Crippen LogP contribution >= 0.6 is 0 Å². The Labute approximate surface area is 105 Å². The van der Waals surface area contributed by atoms with Gasteiger partial charge in [-0.3, -0.25) is 0 Å². The zero-order chi connectivity index (χ0) is 12.6. The van der Waals surface area contributed by atoms with Crippen LogP contribution in [0.5, 0.6) is 0 Å². The van der Waals surface area contributed by atoms with Gasteiger partial charge >= 0.3 is 0 Å². The largest absolute Gasteiger partial charge is 0.244 e. The Morgan fingerprint density at radius 2 is 1.82 bits per heavy atom. The summed E-state index contributed by atoms with van der Waals surface area (Å²) >= 11 is 0. The van der Waals surface area contributed by atoms with Gasteiger partial charge in [0.15, 0.2) is 11.0 Å². The summed E-state index contributed by atoms with van der Waals surface area (Å²) < 4.78 is 4.80. The summed E-state index contributed by atoms with van der Waals surface area (Å²) in [4.78, 5) is 0. The number of para-hydroxylation sites is 2. The number of benzene rings is 1. The molecule has 0 spiro atoms. The number of rotatable bonds is 3. The van der Waals surface area contributed by atoms with E-state index in [4.69, 9.17) is 0 Å². The van der Waals surface area contributed by atoms with Gasteiger partial charge in [-0.2, -0.15) is 0 Å². The SMILES string of the molecule is CC(C)n1c[n+](C[Si](C)(C)C)c2ccccc21. The molecule has 0 unspecified atom stereocenters. The quantitative estimate of drug-likeness (QED) is 0.581. The molecule has 2 rings (SSSR count). The average molecular weight is 247 g/mol. The number of fused-ring (bicyclic) bond motifs is 1. The Kier molecular flexibility index (Phi) is 3.12. The van der Waals surface area contributed by atoms with Gasteiger partial charge in [0.2, 0.25) is 6.33 Å². The van der Waals surface area contributed by atoms with Crippen LogP contribution in [0.3, 0.4) is 0 Å². The van der Waals surface area contributed by atoms with E-state index in [1.807, 2.05) is 0 Å². The molecule has 17 heavy (non-hydrogen) atoms. The van der Waals surface area contributed by atoms with Crippen molar-refractivity contribution in [2.75, 3.05) is 0 Å². The van der Waals surface area contributed by atoms with E-state index >= 15 is 0 Å². The molecule has 2 nitrogen and oxygen atoms in total. The summed E-state index contributed by atoms with van der Waals surface area (Å²) in [6.45, 7) is 11.7. The summed E-state index contributed by atoms with van der Waals surface area (Å²) in [5.41, 5.74) is 2.71. The zero-order valence-electron chi connectivity index (χ0n) is 11.6. The van der Waals surface area contributed by atoms with Crippen molar-refractivity contribution < 1.29 is 4.57 Å². The summed E-state index contributed by atoms with van der Waals surface area (Å²) in [5.74, 6) is 0. The highest BCUT2D eigenvalue weighted by Crippen LogP contribution is 2.16. The number of nitrogens with zero attached hydrogens (tertiary/aromatic N) is 2. The van der Waals surface area contributed by atoms with E-state index < -0.39 is 8.07 Å². The number of imidazole rings is 1. The van der Waals surface area contributed by atoms with Crippen LogP contribution in [0.4, 0.5) is 0 Å². The highest BCUT2D eigenvalue weighted by atomic mass is 28.3. The Morgan fingerprint density at radius 1 is 1.18 bits per heavy atom. The van der Waals surface area contributed by atoms with E-state index in [0.29, 0.717) is 6.04 Å². The lowest BCUT2D eigenvalue weighted by Gasteiger charge is -2.12. The normalized spacial score (nSPS) is 12.6. The second-order valence-corrected chi connectivity index (χ2v) is 11.7. The molecule has 0 bridgehead atoms. The molecule has 2 aromatic rings. The van der Waals surface area contributed by atoms with Crippen molar-refractivity contribution in [1.82, 2.24) is 4.57 Å². The minimum Gasteiger partial charge on any atom is -0.233 e.